The molecule has 1 aromatic heterocycles. The topological polar surface area (TPSA) is 48.5 Å². The number of hydrogen-bond acceptors (Lipinski definition) is 5. The Balaban J connectivity index is 1.35. The van der Waals surface area contributed by atoms with E-state index in [4.69, 9.17) is 0 Å². The van der Waals surface area contributed by atoms with E-state index in [2.05, 4.69) is 27.3 Å². The minimum absolute atomic E-state index is 0.0393. The third kappa shape index (κ3) is 4.62. The first-order valence-corrected chi connectivity index (χ1v) is 9.54. The van der Waals surface area contributed by atoms with E-state index in [1.54, 1.807) is 23.1 Å². The molecule has 2 aromatic rings. The van der Waals surface area contributed by atoms with Crippen molar-refractivity contribution in [2.45, 2.75) is 4.90 Å². The van der Waals surface area contributed by atoms with Gasteiger partial charge in [-0.1, -0.05) is 18.2 Å². The minimum Gasteiger partial charge on any atom is -0.345 e. The van der Waals surface area contributed by atoms with Crippen molar-refractivity contribution in [1.29, 1.82) is 0 Å². The van der Waals surface area contributed by atoms with E-state index in [1.165, 1.54) is 4.90 Å². The second kappa shape index (κ2) is 8.21. The fourth-order valence-corrected chi connectivity index (χ4v) is 3.91. The molecular weight excluding hydrogens is 328 g/mol. The van der Waals surface area contributed by atoms with Gasteiger partial charge in [-0.05, 0) is 12.1 Å². The van der Waals surface area contributed by atoms with E-state index in [0.717, 1.165) is 37.1 Å². The monoisotopic (exact) mass is 348 g/mol. The van der Waals surface area contributed by atoms with Gasteiger partial charge in [0.2, 0.25) is 0 Å². The zero-order valence-electron chi connectivity index (χ0n) is 12.9. The molecule has 0 saturated carbocycles. The van der Waals surface area contributed by atoms with Gasteiger partial charge in [-0.15, -0.1) is 23.1 Å². The Hall–Kier alpha value is -1.73. The summed E-state index contributed by atoms with van der Waals surface area (Å²) in [6, 6.07) is 10.3. The molecule has 1 aromatic carbocycles. The molecular formula is C16H20N4OS2. The summed E-state index contributed by atoms with van der Waals surface area (Å²) < 4.78 is 0. The maximum atomic E-state index is 12.2. The van der Waals surface area contributed by atoms with Crippen LogP contribution in [0.1, 0.15) is 0 Å². The van der Waals surface area contributed by atoms with Crippen LogP contribution in [0.5, 0.6) is 0 Å². The van der Waals surface area contributed by atoms with Crippen molar-refractivity contribution in [3.8, 4) is 0 Å². The molecule has 1 aliphatic heterocycles. The van der Waals surface area contributed by atoms with Crippen LogP contribution in [0.15, 0.2) is 46.8 Å². The molecule has 122 valence electrons. The van der Waals surface area contributed by atoms with E-state index in [1.807, 2.05) is 34.7 Å². The highest BCUT2D eigenvalue weighted by Crippen LogP contribution is 2.19. The molecule has 5 nitrogen and oxygen atoms in total. The maximum Gasteiger partial charge on any atom is 0.317 e. The Morgan fingerprint density at radius 1 is 1.22 bits per heavy atom. The molecule has 1 fully saturated rings. The van der Waals surface area contributed by atoms with Gasteiger partial charge < -0.3 is 15.1 Å². The lowest BCUT2D eigenvalue weighted by molar-refractivity contribution is 0.195. The second-order valence-corrected chi connectivity index (χ2v) is 7.22. The summed E-state index contributed by atoms with van der Waals surface area (Å²) in [7, 11) is 0. The van der Waals surface area contributed by atoms with Gasteiger partial charge in [-0.25, -0.2) is 9.78 Å². The molecule has 23 heavy (non-hydrogen) atoms. The molecule has 0 aliphatic carbocycles. The summed E-state index contributed by atoms with van der Waals surface area (Å²) >= 11 is 3.41. The summed E-state index contributed by atoms with van der Waals surface area (Å²) in [5.74, 6) is 0.884. The molecule has 0 atom stereocenters. The number of urea groups is 1. The van der Waals surface area contributed by atoms with Crippen LogP contribution >= 0.6 is 23.1 Å². The number of aromatic nitrogens is 1. The van der Waals surface area contributed by atoms with Crippen molar-refractivity contribution < 1.29 is 4.79 Å². The average Bonchev–Trinajstić information content (AvgIpc) is 3.14. The number of carbonyl (C=O) groups excluding carboxylic acids is 1. The van der Waals surface area contributed by atoms with Crippen molar-refractivity contribution in [1.82, 2.24) is 15.2 Å². The number of hydrogen-bond donors (Lipinski definition) is 1. The number of rotatable bonds is 5. The summed E-state index contributed by atoms with van der Waals surface area (Å²) in [6.07, 6.45) is 1.82. The van der Waals surface area contributed by atoms with Crippen LogP contribution in [0.4, 0.5) is 9.93 Å². The summed E-state index contributed by atoms with van der Waals surface area (Å²) in [5.41, 5.74) is 0. The van der Waals surface area contributed by atoms with Crippen molar-refractivity contribution >= 4 is 34.3 Å². The molecule has 1 saturated heterocycles. The Morgan fingerprint density at radius 3 is 2.70 bits per heavy atom. The Bertz CT molecular complexity index is 598. The molecule has 0 spiro atoms. The summed E-state index contributed by atoms with van der Waals surface area (Å²) in [4.78, 5) is 21.9. The lowest BCUT2D eigenvalue weighted by Gasteiger charge is -2.34. The molecule has 0 radical (unpaired) electrons. The predicted molar refractivity (Wildman–Crippen MR) is 96.5 cm³/mol. The summed E-state index contributed by atoms with van der Waals surface area (Å²) in [5, 5.41) is 6.04. The molecule has 7 heteroatoms. The zero-order chi connectivity index (χ0) is 15.9. The SMILES string of the molecule is O=C(NCCSc1ccccc1)N1CCN(c2nccs2)CC1. The van der Waals surface area contributed by atoms with E-state index in [9.17, 15) is 4.79 Å². The van der Waals surface area contributed by atoms with Gasteiger partial charge in [0.1, 0.15) is 0 Å². The van der Waals surface area contributed by atoms with Crippen LogP contribution < -0.4 is 10.2 Å². The van der Waals surface area contributed by atoms with Gasteiger partial charge >= 0.3 is 6.03 Å². The number of nitrogens with one attached hydrogen (secondary N) is 1. The molecule has 0 bridgehead atoms. The fourth-order valence-electron chi connectivity index (χ4n) is 2.43. The predicted octanol–water partition coefficient (Wildman–Crippen LogP) is 2.77. The zero-order valence-corrected chi connectivity index (χ0v) is 14.5. The largest absolute Gasteiger partial charge is 0.345 e. The molecule has 2 heterocycles. The molecule has 3 rings (SSSR count). The average molecular weight is 348 g/mol. The van der Waals surface area contributed by atoms with Crippen LogP contribution in [0.25, 0.3) is 0 Å². The molecule has 1 N–H and O–H groups in total. The van der Waals surface area contributed by atoms with Gasteiger partial charge in [0.15, 0.2) is 5.13 Å². The van der Waals surface area contributed by atoms with Gasteiger partial charge in [-0.2, -0.15) is 0 Å². The molecule has 0 unspecified atom stereocenters. The van der Waals surface area contributed by atoms with E-state index < -0.39 is 0 Å². The lowest BCUT2D eigenvalue weighted by Crippen LogP contribution is -2.52. The Morgan fingerprint density at radius 2 is 2.00 bits per heavy atom. The van der Waals surface area contributed by atoms with Crippen molar-refractivity contribution in [3.63, 3.8) is 0 Å². The highest BCUT2D eigenvalue weighted by molar-refractivity contribution is 7.99. The molecule has 2 amide bonds. The molecule has 1 aliphatic rings. The van der Waals surface area contributed by atoms with Crippen molar-refractivity contribution in [3.05, 3.63) is 41.9 Å². The number of thiazole rings is 1. The van der Waals surface area contributed by atoms with E-state index >= 15 is 0 Å². The van der Waals surface area contributed by atoms with E-state index in [-0.39, 0.29) is 6.03 Å². The Labute approximate surface area is 144 Å². The minimum atomic E-state index is 0.0393. The van der Waals surface area contributed by atoms with Gasteiger partial charge in [0, 0.05) is 54.9 Å². The van der Waals surface area contributed by atoms with Crippen LogP contribution in [0.2, 0.25) is 0 Å². The van der Waals surface area contributed by atoms with Crippen LogP contribution in [-0.4, -0.2) is 54.4 Å². The van der Waals surface area contributed by atoms with Crippen LogP contribution in [-0.2, 0) is 0 Å². The van der Waals surface area contributed by atoms with Crippen molar-refractivity contribution in [2.75, 3.05) is 43.4 Å². The number of nitrogens with zero attached hydrogens (tertiary/aromatic N) is 3. The maximum absolute atomic E-state index is 12.2. The summed E-state index contributed by atoms with van der Waals surface area (Å²) in [6.45, 7) is 3.87. The number of anilines is 1. The fraction of sp³-hybridized carbons (Fsp3) is 0.375. The third-order valence-corrected chi connectivity index (χ3v) is 5.49. The number of piperazine rings is 1. The second-order valence-electron chi connectivity index (χ2n) is 5.18. The Kier molecular flexibility index (Phi) is 5.76. The number of amides is 2. The third-order valence-electron chi connectivity index (χ3n) is 3.65. The highest BCUT2D eigenvalue weighted by atomic mass is 32.2. The van der Waals surface area contributed by atoms with Crippen molar-refractivity contribution in [2.24, 2.45) is 0 Å². The van der Waals surface area contributed by atoms with Gasteiger partial charge in [-0.3, -0.25) is 0 Å². The van der Waals surface area contributed by atoms with Crippen LogP contribution in [0.3, 0.4) is 0 Å². The van der Waals surface area contributed by atoms with E-state index in [0.29, 0.717) is 6.54 Å². The van der Waals surface area contributed by atoms with Gasteiger partial charge in [0.25, 0.3) is 0 Å². The normalized spacial score (nSPS) is 14.8. The van der Waals surface area contributed by atoms with Gasteiger partial charge in [0.05, 0.1) is 0 Å². The number of thioether (sulfide) groups is 1. The smallest absolute Gasteiger partial charge is 0.317 e. The standard InChI is InChI=1S/C16H20N4OS2/c21-15(17-6-12-22-14-4-2-1-3-5-14)19-8-10-20(11-9-19)16-18-7-13-23-16/h1-5,7,13H,6,8-12H2,(H,17,21). The first-order chi connectivity index (χ1) is 11.3. The van der Waals surface area contributed by atoms with Crippen LogP contribution in [0, 0.1) is 0 Å². The number of carbonyl (C=O) groups is 1. The quantitative estimate of drug-likeness (QED) is 0.667. The first-order valence-electron chi connectivity index (χ1n) is 7.68. The highest BCUT2D eigenvalue weighted by Gasteiger charge is 2.21. The first kappa shape index (κ1) is 16.1. The number of benzene rings is 1. The lowest BCUT2D eigenvalue weighted by atomic mass is 10.3.